The van der Waals surface area contributed by atoms with E-state index in [1.54, 1.807) is 12.1 Å². The first-order valence-electron chi connectivity index (χ1n) is 5.23. The van der Waals surface area contributed by atoms with Crippen LogP contribution >= 0.6 is 0 Å². The van der Waals surface area contributed by atoms with Crippen LogP contribution in [-0.2, 0) is 4.79 Å². The summed E-state index contributed by atoms with van der Waals surface area (Å²) in [7, 11) is 0. The van der Waals surface area contributed by atoms with Crippen LogP contribution in [0.1, 0.15) is 25.3 Å². The van der Waals surface area contributed by atoms with Gasteiger partial charge in [0.1, 0.15) is 5.82 Å². The summed E-state index contributed by atoms with van der Waals surface area (Å²) in [4.78, 5) is 11.2. The summed E-state index contributed by atoms with van der Waals surface area (Å²) in [6.07, 6.45) is 0.668. The van der Waals surface area contributed by atoms with Crippen LogP contribution in [0.5, 0.6) is 0 Å². The molecule has 0 radical (unpaired) electrons. The molecule has 0 saturated heterocycles. The molecule has 0 spiro atoms. The van der Waals surface area contributed by atoms with Crippen LogP contribution < -0.4 is 5.32 Å². The first-order chi connectivity index (χ1) is 7.63. The molecule has 0 heterocycles. The zero-order valence-electron chi connectivity index (χ0n) is 9.22. The summed E-state index contributed by atoms with van der Waals surface area (Å²) in [5.74, 6) is -0.380. The van der Waals surface area contributed by atoms with Gasteiger partial charge in [0.15, 0.2) is 0 Å². The maximum absolute atomic E-state index is 12.6. The van der Waals surface area contributed by atoms with Crippen LogP contribution in [0.3, 0.4) is 0 Å². The van der Waals surface area contributed by atoms with Crippen molar-refractivity contribution < 1.29 is 9.18 Å². The third-order valence-corrected chi connectivity index (χ3v) is 2.17. The van der Waals surface area contributed by atoms with Crippen molar-refractivity contribution in [1.82, 2.24) is 5.32 Å². The fraction of sp³-hybridized carbons (Fsp3) is 0.333. The number of amides is 1. The second-order valence-corrected chi connectivity index (χ2v) is 3.44. The molecule has 0 aliphatic heterocycles. The van der Waals surface area contributed by atoms with Gasteiger partial charge in [0.2, 0.25) is 5.91 Å². The number of benzene rings is 1. The standard InChI is InChI=1S/C12H15FN2O/c1-2-15-12(16)8-7-11(14)9-3-5-10(13)6-4-9/h3-6,14H,2,7-8H2,1H3,(H,15,16). The quantitative estimate of drug-likeness (QED) is 0.736. The molecule has 1 amide bonds. The van der Waals surface area contributed by atoms with Crippen LogP contribution in [0.4, 0.5) is 4.39 Å². The molecule has 1 rings (SSSR count). The number of carbonyl (C=O) groups excluding carboxylic acids is 1. The minimum Gasteiger partial charge on any atom is -0.356 e. The average Bonchev–Trinajstić information content (AvgIpc) is 2.27. The maximum Gasteiger partial charge on any atom is 0.220 e. The van der Waals surface area contributed by atoms with Gasteiger partial charge in [-0.1, -0.05) is 12.1 Å². The molecule has 0 saturated carbocycles. The number of nitrogens with one attached hydrogen (secondary N) is 2. The first-order valence-corrected chi connectivity index (χ1v) is 5.23. The molecule has 0 aromatic heterocycles. The highest BCUT2D eigenvalue weighted by molar-refractivity contribution is 5.99. The Kier molecular flexibility index (Phi) is 4.64. The van der Waals surface area contributed by atoms with E-state index >= 15 is 0 Å². The van der Waals surface area contributed by atoms with E-state index in [4.69, 9.17) is 5.41 Å². The second-order valence-electron chi connectivity index (χ2n) is 3.44. The molecule has 1 aromatic carbocycles. The number of halogens is 1. The summed E-state index contributed by atoms with van der Waals surface area (Å²) < 4.78 is 12.6. The molecule has 0 aliphatic rings. The lowest BCUT2D eigenvalue weighted by Gasteiger charge is -2.04. The van der Waals surface area contributed by atoms with E-state index < -0.39 is 0 Å². The average molecular weight is 222 g/mol. The van der Waals surface area contributed by atoms with Gasteiger partial charge in [0, 0.05) is 18.7 Å². The fourth-order valence-corrected chi connectivity index (χ4v) is 1.32. The molecule has 16 heavy (non-hydrogen) atoms. The van der Waals surface area contributed by atoms with Crippen LogP contribution in [0.2, 0.25) is 0 Å². The molecular formula is C12H15FN2O. The van der Waals surface area contributed by atoms with Gasteiger partial charge in [-0.15, -0.1) is 0 Å². The first kappa shape index (κ1) is 12.4. The Labute approximate surface area is 94.2 Å². The van der Waals surface area contributed by atoms with Gasteiger partial charge >= 0.3 is 0 Å². The largest absolute Gasteiger partial charge is 0.356 e. The predicted octanol–water partition coefficient (Wildman–Crippen LogP) is 2.11. The third kappa shape index (κ3) is 3.81. The van der Waals surface area contributed by atoms with Crippen LogP contribution in [0.25, 0.3) is 0 Å². The summed E-state index contributed by atoms with van der Waals surface area (Å²) in [5, 5.41) is 10.4. The summed E-state index contributed by atoms with van der Waals surface area (Å²) >= 11 is 0. The molecule has 0 aliphatic carbocycles. The third-order valence-electron chi connectivity index (χ3n) is 2.17. The lowest BCUT2D eigenvalue weighted by Crippen LogP contribution is -2.23. The van der Waals surface area contributed by atoms with Crippen molar-refractivity contribution in [3.8, 4) is 0 Å². The Morgan fingerprint density at radius 1 is 1.31 bits per heavy atom. The number of rotatable bonds is 5. The van der Waals surface area contributed by atoms with Crippen molar-refractivity contribution in [3.63, 3.8) is 0 Å². The minimum absolute atomic E-state index is 0.0608. The van der Waals surface area contributed by atoms with Gasteiger partial charge < -0.3 is 10.7 Å². The summed E-state index contributed by atoms with van der Waals surface area (Å²) in [6, 6.07) is 5.73. The van der Waals surface area contributed by atoms with Crippen LogP contribution in [-0.4, -0.2) is 18.2 Å². The predicted molar refractivity (Wildman–Crippen MR) is 61.1 cm³/mol. The normalized spacial score (nSPS) is 9.88. The van der Waals surface area contributed by atoms with E-state index in [9.17, 15) is 9.18 Å². The highest BCUT2D eigenvalue weighted by Crippen LogP contribution is 2.07. The SMILES string of the molecule is CCNC(=O)CCC(=N)c1ccc(F)cc1. The highest BCUT2D eigenvalue weighted by atomic mass is 19.1. The van der Waals surface area contributed by atoms with E-state index in [1.165, 1.54) is 12.1 Å². The molecule has 86 valence electrons. The van der Waals surface area contributed by atoms with E-state index in [1.807, 2.05) is 6.92 Å². The van der Waals surface area contributed by atoms with Gasteiger partial charge in [-0.25, -0.2) is 4.39 Å². The number of carbonyl (C=O) groups is 1. The van der Waals surface area contributed by atoms with Gasteiger partial charge in [0.25, 0.3) is 0 Å². The summed E-state index contributed by atoms with van der Waals surface area (Å²) in [5.41, 5.74) is 1.01. The van der Waals surface area contributed by atoms with E-state index in [-0.39, 0.29) is 11.7 Å². The lowest BCUT2D eigenvalue weighted by molar-refractivity contribution is -0.120. The molecule has 1 aromatic rings. The van der Waals surface area contributed by atoms with Crippen molar-refractivity contribution in [1.29, 1.82) is 5.41 Å². The Morgan fingerprint density at radius 2 is 1.94 bits per heavy atom. The maximum atomic E-state index is 12.6. The molecule has 0 fully saturated rings. The Balaban J connectivity index is 2.47. The summed E-state index contributed by atoms with van der Waals surface area (Å²) in [6.45, 7) is 2.45. The van der Waals surface area contributed by atoms with Crippen molar-refractivity contribution in [2.24, 2.45) is 0 Å². The monoisotopic (exact) mass is 222 g/mol. The lowest BCUT2D eigenvalue weighted by atomic mass is 10.1. The van der Waals surface area contributed by atoms with Crippen LogP contribution in [0.15, 0.2) is 24.3 Å². The molecule has 2 N–H and O–H groups in total. The number of hydrogen-bond donors (Lipinski definition) is 2. The van der Waals surface area contributed by atoms with Gasteiger partial charge in [-0.05, 0) is 31.0 Å². The molecular weight excluding hydrogens is 207 g/mol. The molecule has 0 atom stereocenters. The second kappa shape index (κ2) is 6.00. The van der Waals surface area contributed by atoms with Crippen molar-refractivity contribution in [2.75, 3.05) is 6.54 Å². The molecule has 0 unspecified atom stereocenters. The van der Waals surface area contributed by atoms with Crippen molar-refractivity contribution in [2.45, 2.75) is 19.8 Å². The molecule has 3 nitrogen and oxygen atoms in total. The van der Waals surface area contributed by atoms with Crippen LogP contribution in [0, 0.1) is 11.2 Å². The van der Waals surface area contributed by atoms with E-state index in [0.717, 1.165) is 0 Å². The Hall–Kier alpha value is -1.71. The van der Waals surface area contributed by atoms with E-state index in [2.05, 4.69) is 5.32 Å². The van der Waals surface area contributed by atoms with Crippen molar-refractivity contribution >= 4 is 11.6 Å². The topological polar surface area (TPSA) is 53.0 Å². The van der Waals surface area contributed by atoms with Crippen molar-refractivity contribution in [3.05, 3.63) is 35.6 Å². The van der Waals surface area contributed by atoms with E-state index in [0.29, 0.717) is 30.7 Å². The van der Waals surface area contributed by atoms with Gasteiger partial charge in [0.05, 0.1) is 0 Å². The minimum atomic E-state index is -0.319. The number of hydrogen-bond acceptors (Lipinski definition) is 2. The Bertz CT molecular complexity index is 373. The van der Waals surface area contributed by atoms with Gasteiger partial charge in [-0.3, -0.25) is 4.79 Å². The zero-order valence-corrected chi connectivity index (χ0v) is 9.22. The molecule has 0 bridgehead atoms. The molecule has 4 heteroatoms. The highest BCUT2D eigenvalue weighted by Gasteiger charge is 2.05. The Morgan fingerprint density at radius 3 is 2.50 bits per heavy atom. The zero-order chi connectivity index (χ0) is 12.0. The fourth-order valence-electron chi connectivity index (χ4n) is 1.32. The van der Waals surface area contributed by atoms with Gasteiger partial charge in [-0.2, -0.15) is 0 Å². The smallest absolute Gasteiger partial charge is 0.220 e.